The molecule has 1 saturated heterocycles. The van der Waals surface area contributed by atoms with Crippen LogP contribution in [0.5, 0.6) is 5.75 Å². The quantitative estimate of drug-likeness (QED) is 0.834. The van der Waals surface area contributed by atoms with Gasteiger partial charge in [0.2, 0.25) is 0 Å². The molecule has 1 amide bonds. The van der Waals surface area contributed by atoms with Crippen molar-refractivity contribution in [3.05, 3.63) is 28.2 Å². The highest BCUT2D eigenvalue weighted by atomic mass is 79.9. The van der Waals surface area contributed by atoms with Gasteiger partial charge in [0.1, 0.15) is 5.75 Å². The Labute approximate surface area is 129 Å². The molecule has 1 aromatic rings. The summed E-state index contributed by atoms with van der Waals surface area (Å²) >= 11 is 3.47. The van der Waals surface area contributed by atoms with Gasteiger partial charge in [0.05, 0.1) is 0 Å². The minimum Gasteiger partial charge on any atom is -0.481 e. The van der Waals surface area contributed by atoms with Crippen molar-refractivity contribution in [2.75, 3.05) is 13.1 Å². The van der Waals surface area contributed by atoms with Gasteiger partial charge < -0.3 is 9.64 Å². The largest absolute Gasteiger partial charge is 0.481 e. The Kier molecular flexibility index (Phi) is 5.46. The monoisotopic (exact) mass is 339 g/mol. The number of halogens is 1. The van der Waals surface area contributed by atoms with E-state index in [0.717, 1.165) is 41.7 Å². The van der Waals surface area contributed by atoms with Crippen LogP contribution < -0.4 is 4.74 Å². The van der Waals surface area contributed by atoms with E-state index in [1.165, 1.54) is 12.8 Å². The molecule has 1 atom stereocenters. The van der Waals surface area contributed by atoms with Crippen LogP contribution >= 0.6 is 15.9 Å². The third-order valence-electron chi connectivity index (χ3n) is 3.71. The number of rotatable bonds is 3. The van der Waals surface area contributed by atoms with Gasteiger partial charge in [0.25, 0.3) is 5.91 Å². The van der Waals surface area contributed by atoms with Gasteiger partial charge >= 0.3 is 0 Å². The molecule has 4 heteroatoms. The summed E-state index contributed by atoms with van der Waals surface area (Å²) in [4.78, 5) is 14.3. The fourth-order valence-electron chi connectivity index (χ4n) is 2.49. The molecule has 0 bridgehead atoms. The average molecular weight is 340 g/mol. The molecule has 20 heavy (non-hydrogen) atoms. The molecule has 0 radical (unpaired) electrons. The van der Waals surface area contributed by atoms with E-state index in [4.69, 9.17) is 4.74 Å². The van der Waals surface area contributed by atoms with Gasteiger partial charge in [0, 0.05) is 17.6 Å². The number of amides is 1. The van der Waals surface area contributed by atoms with Crippen molar-refractivity contribution >= 4 is 21.8 Å². The van der Waals surface area contributed by atoms with Gasteiger partial charge in [-0.25, -0.2) is 0 Å². The number of aryl methyl sites for hydroxylation is 1. The van der Waals surface area contributed by atoms with Crippen molar-refractivity contribution < 1.29 is 9.53 Å². The van der Waals surface area contributed by atoms with E-state index in [0.29, 0.717) is 0 Å². The van der Waals surface area contributed by atoms with Crippen LogP contribution in [0, 0.1) is 6.92 Å². The smallest absolute Gasteiger partial charge is 0.263 e. The van der Waals surface area contributed by atoms with Crippen molar-refractivity contribution in [2.24, 2.45) is 0 Å². The highest BCUT2D eigenvalue weighted by Crippen LogP contribution is 2.23. The first kappa shape index (κ1) is 15.4. The molecule has 0 N–H and O–H groups in total. The molecule has 1 fully saturated rings. The molecule has 1 unspecified atom stereocenters. The zero-order valence-corrected chi connectivity index (χ0v) is 13.8. The Morgan fingerprint density at radius 1 is 1.25 bits per heavy atom. The molecule has 0 saturated carbocycles. The van der Waals surface area contributed by atoms with Gasteiger partial charge in [-0.05, 0) is 50.5 Å². The highest BCUT2D eigenvalue weighted by Gasteiger charge is 2.22. The molecule has 110 valence electrons. The summed E-state index contributed by atoms with van der Waals surface area (Å²) in [6.07, 6.45) is 4.25. The Bertz CT molecular complexity index is 468. The van der Waals surface area contributed by atoms with E-state index in [1.807, 2.05) is 36.9 Å². The maximum Gasteiger partial charge on any atom is 0.263 e. The minimum atomic E-state index is -0.423. The second-order valence-corrected chi connectivity index (χ2v) is 6.26. The Morgan fingerprint density at radius 2 is 1.90 bits per heavy atom. The molecular weight excluding hydrogens is 318 g/mol. The number of nitrogens with zero attached hydrogens (tertiary/aromatic N) is 1. The van der Waals surface area contributed by atoms with Crippen LogP contribution in [0.4, 0.5) is 0 Å². The molecule has 0 spiro atoms. The molecule has 1 heterocycles. The first-order valence-electron chi connectivity index (χ1n) is 7.29. The SMILES string of the molecule is Cc1cc(OC(C)C(=O)N2CCCCCC2)ccc1Br. The summed E-state index contributed by atoms with van der Waals surface area (Å²) in [5.74, 6) is 0.855. The van der Waals surface area contributed by atoms with Crippen molar-refractivity contribution in [3.8, 4) is 5.75 Å². The first-order chi connectivity index (χ1) is 9.58. The normalized spacial score (nSPS) is 17.4. The van der Waals surface area contributed by atoms with Crippen LogP contribution in [-0.2, 0) is 4.79 Å². The number of carbonyl (C=O) groups excluding carboxylic acids is 1. The molecule has 1 aliphatic heterocycles. The zero-order valence-electron chi connectivity index (χ0n) is 12.2. The first-order valence-corrected chi connectivity index (χ1v) is 8.09. The van der Waals surface area contributed by atoms with E-state index in [2.05, 4.69) is 15.9 Å². The number of hydrogen-bond donors (Lipinski definition) is 0. The number of carbonyl (C=O) groups is 1. The molecular formula is C16H22BrNO2. The lowest BCUT2D eigenvalue weighted by molar-refractivity contribution is -0.137. The van der Waals surface area contributed by atoms with Gasteiger partial charge in [0.15, 0.2) is 6.10 Å². The maximum atomic E-state index is 12.4. The minimum absolute atomic E-state index is 0.104. The van der Waals surface area contributed by atoms with Crippen molar-refractivity contribution in [3.63, 3.8) is 0 Å². The van der Waals surface area contributed by atoms with Crippen LogP contribution in [0.15, 0.2) is 22.7 Å². The molecule has 1 aromatic carbocycles. The highest BCUT2D eigenvalue weighted by molar-refractivity contribution is 9.10. The standard InChI is InChI=1S/C16H22BrNO2/c1-12-11-14(7-8-15(12)17)20-13(2)16(19)18-9-5-3-4-6-10-18/h7-8,11,13H,3-6,9-10H2,1-2H3. The van der Waals surface area contributed by atoms with Crippen LogP contribution in [-0.4, -0.2) is 30.0 Å². The van der Waals surface area contributed by atoms with Crippen LogP contribution in [0.3, 0.4) is 0 Å². The van der Waals surface area contributed by atoms with Crippen molar-refractivity contribution in [1.82, 2.24) is 4.90 Å². The van der Waals surface area contributed by atoms with Crippen LogP contribution in [0.2, 0.25) is 0 Å². The van der Waals surface area contributed by atoms with E-state index >= 15 is 0 Å². The third-order valence-corrected chi connectivity index (χ3v) is 4.60. The number of likely N-dealkylation sites (tertiary alicyclic amines) is 1. The fraction of sp³-hybridized carbons (Fsp3) is 0.562. The van der Waals surface area contributed by atoms with Crippen LogP contribution in [0.1, 0.15) is 38.2 Å². The molecule has 2 rings (SSSR count). The fourth-order valence-corrected chi connectivity index (χ4v) is 2.74. The zero-order chi connectivity index (χ0) is 14.5. The molecule has 1 aliphatic rings. The third kappa shape index (κ3) is 3.98. The van der Waals surface area contributed by atoms with E-state index in [1.54, 1.807) is 0 Å². The van der Waals surface area contributed by atoms with Crippen molar-refractivity contribution in [1.29, 1.82) is 0 Å². The van der Waals surface area contributed by atoms with E-state index in [9.17, 15) is 4.79 Å². The van der Waals surface area contributed by atoms with Crippen molar-refractivity contribution in [2.45, 2.75) is 45.6 Å². The van der Waals surface area contributed by atoms with Crippen LogP contribution in [0.25, 0.3) is 0 Å². The Morgan fingerprint density at radius 3 is 2.50 bits per heavy atom. The average Bonchev–Trinajstić information content (AvgIpc) is 2.71. The van der Waals surface area contributed by atoms with Gasteiger partial charge in [-0.15, -0.1) is 0 Å². The summed E-state index contributed by atoms with van der Waals surface area (Å²) in [6.45, 7) is 5.58. The van der Waals surface area contributed by atoms with Gasteiger partial charge in [-0.3, -0.25) is 4.79 Å². The lowest BCUT2D eigenvalue weighted by Gasteiger charge is -2.24. The van der Waals surface area contributed by atoms with Gasteiger partial charge in [-0.1, -0.05) is 28.8 Å². The number of ether oxygens (including phenoxy) is 1. The summed E-state index contributed by atoms with van der Waals surface area (Å²) in [5, 5.41) is 0. The second kappa shape index (κ2) is 7.11. The van der Waals surface area contributed by atoms with E-state index < -0.39 is 6.10 Å². The second-order valence-electron chi connectivity index (χ2n) is 5.41. The molecule has 0 aromatic heterocycles. The van der Waals surface area contributed by atoms with E-state index in [-0.39, 0.29) is 5.91 Å². The summed E-state index contributed by atoms with van der Waals surface area (Å²) in [6, 6.07) is 5.80. The topological polar surface area (TPSA) is 29.5 Å². The molecule has 3 nitrogen and oxygen atoms in total. The Balaban J connectivity index is 1.97. The summed E-state index contributed by atoms with van der Waals surface area (Å²) in [7, 11) is 0. The lowest BCUT2D eigenvalue weighted by atomic mass is 10.2. The summed E-state index contributed by atoms with van der Waals surface area (Å²) < 4.78 is 6.85. The lowest BCUT2D eigenvalue weighted by Crippen LogP contribution is -2.41. The van der Waals surface area contributed by atoms with Gasteiger partial charge in [-0.2, -0.15) is 0 Å². The summed E-state index contributed by atoms with van der Waals surface area (Å²) in [5.41, 5.74) is 1.11. The molecule has 0 aliphatic carbocycles. The Hall–Kier alpha value is -1.03. The maximum absolute atomic E-state index is 12.4. The number of benzene rings is 1. The number of hydrogen-bond acceptors (Lipinski definition) is 2. The predicted octanol–water partition coefficient (Wildman–Crippen LogP) is 3.93. The predicted molar refractivity (Wildman–Crippen MR) is 84.0 cm³/mol.